The number of benzene rings is 1. The summed E-state index contributed by atoms with van der Waals surface area (Å²) in [7, 11) is 0. The first kappa shape index (κ1) is 28.1. The molecule has 3 aromatic heterocycles. The Kier molecular flexibility index (Phi) is 8.26. The number of anilines is 3. The Morgan fingerprint density at radius 3 is 2.46 bits per heavy atom. The highest BCUT2D eigenvalue weighted by Gasteiger charge is 2.25. The van der Waals surface area contributed by atoms with E-state index in [1.807, 2.05) is 31.4 Å². The number of hydrogen-bond donors (Lipinski definition) is 3. The molecule has 1 amide bonds. The van der Waals surface area contributed by atoms with Crippen molar-refractivity contribution in [1.82, 2.24) is 30.0 Å². The minimum atomic E-state index is -0.678. The molecule has 0 unspecified atom stereocenters. The van der Waals surface area contributed by atoms with Gasteiger partial charge in [-0.3, -0.25) is 10.0 Å². The first-order valence-corrected chi connectivity index (χ1v) is 12.4. The van der Waals surface area contributed by atoms with E-state index in [1.165, 1.54) is 6.07 Å². The average Bonchev–Trinajstić information content (AvgIpc) is 3.26. The van der Waals surface area contributed by atoms with Crippen molar-refractivity contribution in [3.8, 4) is 11.3 Å². The predicted octanol–water partition coefficient (Wildman–Crippen LogP) is 4.94. The summed E-state index contributed by atoms with van der Waals surface area (Å²) in [4.78, 5) is 30.8. The van der Waals surface area contributed by atoms with Crippen LogP contribution < -0.4 is 15.7 Å². The topological polar surface area (TPSA) is 121 Å². The van der Waals surface area contributed by atoms with Crippen LogP contribution in [0.3, 0.4) is 0 Å². The summed E-state index contributed by atoms with van der Waals surface area (Å²) in [6, 6.07) is 6.60. The molecule has 3 N–H and O–H groups in total. The van der Waals surface area contributed by atoms with Crippen LogP contribution in [-0.4, -0.2) is 48.7 Å². The number of amides is 1. The van der Waals surface area contributed by atoms with Gasteiger partial charge in [-0.2, -0.15) is 0 Å². The molecule has 39 heavy (non-hydrogen) atoms. The number of nitrogens with zero attached hydrogens (tertiary/aromatic N) is 6. The fourth-order valence-corrected chi connectivity index (χ4v) is 4.94. The van der Waals surface area contributed by atoms with Crippen LogP contribution in [0.15, 0.2) is 36.7 Å². The SMILES string of the molecule is Cc1nc2c(F)cc(-c3nc(Nc4ccc(N5CCC(C(=O)NO)CC5)cn4)ncc3F)cc2n1C(C)C.Cl. The monoisotopic (exact) mass is 558 g/mol. The first-order chi connectivity index (χ1) is 18.2. The molecule has 1 saturated heterocycles. The maximum absolute atomic E-state index is 14.9. The normalized spacial score (nSPS) is 14.0. The maximum Gasteiger partial charge on any atom is 0.246 e. The third-order valence-corrected chi connectivity index (χ3v) is 6.79. The van der Waals surface area contributed by atoms with E-state index in [9.17, 15) is 13.6 Å². The van der Waals surface area contributed by atoms with E-state index in [1.54, 1.807) is 23.8 Å². The van der Waals surface area contributed by atoms with Crippen molar-refractivity contribution in [3.05, 3.63) is 54.1 Å². The van der Waals surface area contributed by atoms with Crippen molar-refractivity contribution in [3.63, 3.8) is 0 Å². The maximum atomic E-state index is 14.9. The molecule has 0 aliphatic carbocycles. The van der Waals surface area contributed by atoms with Crippen LogP contribution in [0.1, 0.15) is 38.6 Å². The van der Waals surface area contributed by atoms with Crippen molar-refractivity contribution in [2.24, 2.45) is 5.92 Å². The molecule has 0 spiro atoms. The Balaban J connectivity index is 0.00000353. The quantitative estimate of drug-likeness (QED) is 0.225. The van der Waals surface area contributed by atoms with Crippen molar-refractivity contribution in [1.29, 1.82) is 0 Å². The van der Waals surface area contributed by atoms with Crippen LogP contribution in [0.5, 0.6) is 0 Å². The highest BCUT2D eigenvalue weighted by Crippen LogP contribution is 2.31. The van der Waals surface area contributed by atoms with E-state index in [0.29, 0.717) is 43.1 Å². The number of piperidine rings is 1. The minimum absolute atomic E-state index is 0. The van der Waals surface area contributed by atoms with Crippen LogP contribution in [0.25, 0.3) is 22.3 Å². The zero-order chi connectivity index (χ0) is 27.0. The second-order valence-electron chi connectivity index (χ2n) is 9.60. The van der Waals surface area contributed by atoms with Crippen molar-refractivity contribution in [2.75, 3.05) is 23.3 Å². The molecule has 206 valence electrons. The molecular formula is C26H29ClF2N8O2. The molecule has 13 heteroatoms. The molecule has 1 aliphatic heterocycles. The summed E-state index contributed by atoms with van der Waals surface area (Å²) in [6.07, 6.45) is 3.99. The number of imidazole rings is 1. The van der Waals surface area contributed by atoms with Gasteiger partial charge in [0.25, 0.3) is 0 Å². The summed E-state index contributed by atoms with van der Waals surface area (Å²) in [5.41, 5.74) is 3.65. The third-order valence-electron chi connectivity index (χ3n) is 6.79. The number of hydroxylamine groups is 1. The van der Waals surface area contributed by atoms with Gasteiger partial charge in [0, 0.05) is 30.6 Å². The summed E-state index contributed by atoms with van der Waals surface area (Å²) in [5.74, 6) is -0.550. The summed E-state index contributed by atoms with van der Waals surface area (Å²) in [5, 5.41) is 11.8. The van der Waals surface area contributed by atoms with Crippen molar-refractivity contribution < 1.29 is 18.8 Å². The lowest BCUT2D eigenvalue weighted by Crippen LogP contribution is -2.39. The third kappa shape index (κ3) is 5.62. The van der Waals surface area contributed by atoms with Gasteiger partial charge >= 0.3 is 0 Å². The Labute approximate surface area is 229 Å². The Bertz CT molecular complexity index is 1490. The van der Waals surface area contributed by atoms with Gasteiger partial charge in [-0.05, 0) is 57.9 Å². The highest BCUT2D eigenvalue weighted by molar-refractivity contribution is 5.85. The van der Waals surface area contributed by atoms with Gasteiger partial charge in [-0.15, -0.1) is 12.4 Å². The zero-order valence-electron chi connectivity index (χ0n) is 21.7. The standard InChI is InChI=1S/C26H28F2N8O2.ClH/c1-14(2)36-15(3)31-24-19(27)10-17(11-21(24)36)23-20(28)13-30-26(33-23)32-22-5-4-18(12-29-22)35-8-6-16(7-9-35)25(37)34-38;/h4-5,10-14,16,38H,6-9H2,1-3H3,(H,34,37)(H,29,30,32,33);1H. The summed E-state index contributed by atoms with van der Waals surface area (Å²) in [6.45, 7) is 7.08. The smallest absolute Gasteiger partial charge is 0.246 e. The number of pyridine rings is 1. The molecule has 1 aliphatic rings. The molecular weight excluding hydrogens is 530 g/mol. The van der Waals surface area contributed by atoms with Gasteiger partial charge in [0.05, 0.1) is 23.6 Å². The lowest BCUT2D eigenvalue weighted by molar-refractivity contribution is -0.134. The van der Waals surface area contributed by atoms with E-state index < -0.39 is 11.6 Å². The van der Waals surface area contributed by atoms with E-state index in [-0.39, 0.29) is 53.0 Å². The van der Waals surface area contributed by atoms with E-state index in [4.69, 9.17) is 5.21 Å². The fraction of sp³-hybridized carbons (Fsp3) is 0.346. The van der Waals surface area contributed by atoms with Gasteiger partial charge in [0.2, 0.25) is 11.9 Å². The largest absolute Gasteiger partial charge is 0.370 e. The van der Waals surface area contributed by atoms with Crippen LogP contribution in [0.2, 0.25) is 0 Å². The number of aromatic nitrogens is 5. The Morgan fingerprint density at radius 2 is 1.82 bits per heavy atom. The number of aryl methyl sites for hydroxylation is 1. The van der Waals surface area contributed by atoms with E-state index >= 15 is 0 Å². The molecule has 4 heterocycles. The van der Waals surface area contributed by atoms with Crippen LogP contribution in [0, 0.1) is 24.5 Å². The molecule has 4 aromatic rings. The number of carbonyl (C=O) groups is 1. The fourth-order valence-electron chi connectivity index (χ4n) is 4.94. The Hall–Kier alpha value is -3.90. The highest BCUT2D eigenvalue weighted by atomic mass is 35.5. The number of nitrogens with one attached hydrogen (secondary N) is 2. The van der Waals surface area contributed by atoms with E-state index in [2.05, 4.69) is 30.2 Å². The second-order valence-corrected chi connectivity index (χ2v) is 9.60. The van der Waals surface area contributed by atoms with Gasteiger partial charge < -0.3 is 14.8 Å². The predicted molar refractivity (Wildman–Crippen MR) is 145 cm³/mol. The summed E-state index contributed by atoms with van der Waals surface area (Å²) >= 11 is 0. The number of fused-ring (bicyclic) bond motifs is 1. The molecule has 0 atom stereocenters. The molecule has 10 nitrogen and oxygen atoms in total. The lowest BCUT2D eigenvalue weighted by Gasteiger charge is -2.32. The summed E-state index contributed by atoms with van der Waals surface area (Å²) < 4.78 is 31.6. The van der Waals surface area contributed by atoms with Gasteiger partial charge in [-0.25, -0.2) is 34.2 Å². The molecule has 0 saturated carbocycles. The molecule has 0 bridgehead atoms. The zero-order valence-corrected chi connectivity index (χ0v) is 22.5. The van der Waals surface area contributed by atoms with Gasteiger partial charge in [-0.1, -0.05) is 0 Å². The van der Waals surface area contributed by atoms with Crippen LogP contribution in [0.4, 0.5) is 26.2 Å². The molecule has 1 aromatic carbocycles. The van der Waals surface area contributed by atoms with Gasteiger partial charge in [0.1, 0.15) is 22.9 Å². The number of hydrogen-bond acceptors (Lipinski definition) is 8. The number of halogens is 3. The van der Waals surface area contributed by atoms with Gasteiger partial charge in [0.15, 0.2) is 11.6 Å². The van der Waals surface area contributed by atoms with Crippen LogP contribution >= 0.6 is 12.4 Å². The number of rotatable bonds is 6. The lowest BCUT2D eigenvalue weighted by atomic mass is 9.96. The molecule has 1 fully saturated rings. The molecule has 5 rings (SSSR count). The first-order valence-electron chi connectivity index (χ1n) is 12.4. The number of carbonyl (C=O) groups excluding carboxylic acids is 1. The van der Waals surface area contributed by atoms with Crippen molar-refractivity contribution >= 4 is 46.8 Å². The second kappa shape index (κ2) is 11.5. The minimum Gasteiger partial charge on any atom is -0.370 e. The van der Waals surface area contributed by atoms with Crippen LogP contribution in [-0.2, 0) is 4.79 Å². The molecule has 0 radical (unpaired) electrons. The Morgan fingerprint density at radius 1 is 1.08 bits per heavy atom. The van der Waals surface area contributed by atoms with E-state index in [0.717, 1.165) is 11.9 Å². The average molecular weight is 559 g/mol. The van der Waals surface area contributed by atoms with Crippen molar-refractivity contribution in [2.45, 2.75) is 39.7 Å².